The van der Waals surface area contributed by atoms with Gasteiger partial charge >= 0.3 is 0 Å². The molecule has 8 nitrogen and oxygen atoms in total. The minimum atomic E-state index is 0.377. The summed E-state index contributed by atoms with van der Waals surface area (Å²) >= 11 is 4.77. The Morgan fingerprint density at radius 2 is 2.28 bits per heavy atom. The van der Waals surface area contributed by atoms with E-state index in [1.807, 2.05) is 7.05 Å². The fraction of sp³-hybridized carbons (Fsp3) is 0.667. The Labute approximate surface area is 111 Å². The lowest BCUT2D eigenvalue weighted by Crippen LogP contribution is -2.37. The number of anilines is 2. The molecule has 0 spiro atoms. The van der Waals surface area contributed by atoms with Gasteiger partial charge in [0.15, 0.2) is 0 Å². The summed E-state index contributed by atoms with van der Waals surface area (Å²) in [7, 11) is 1.81. The number of nitrogens with two attached hydrogens (primary N) is 1. The van der Waals surface area contributed by atoms with E-state index in [1.165, 1.54) is 5.49 Å². The van der Waals surface area contributed by atoms with E-state index < -0.39 is 0 Å². The van der Waals surface area contributed by atoms with Crippen molar-refractivity contribution in [2.24, 2.45) is 0 Å². The predicted molar refractivity (Wildman–Crippen MR) is 72.0 cm³/mol. The predicted octanol–water partition coefficient (Wildman–Crippen LogP) is -0.952. The van der Waals surface area contributed by atoms with Gasteiger partial charge in [-0.15, -0.1) is 5.10 Å². The van der Waals surface area contributed by atoms with Crippen molar-refractivity contribution in [2.45, 2.75) is 6.67 Å². The summed E-state index contributed by atoms with van der Waals surface area (Å²) in [5, 5.41) is 6.01. The number of hydrogen-bond acceptors (Lipinski definition) is 7. The Balaban J connectivity index is 1.99. The maximum atomic E-state index is 5.81. The monoisotopic (exact) mass is 271 g/mol. The molecule has 0 saturated carbocycles. The summed E-state index contributed by atoms with van der Waals surface area (Å²) < 4.78 is 6.88. The minimum absolute atomic E-state index is 0.377. The van der Waals surface area contributed by atoms with Crippen LogP contribution in [0.3, 0.4) is 0 Å². The first-order valence-electron chi connectivity index (χ1n) is 5.65. The molecule has 100 valence electrons. The number of nitrogens with one attached hydrogen (secondary N) is 1. The topological polar surface area (TPSA) is 84.5 Å². The van der Waals surface area contributed by atoms with Crippen molar-refractivity contribution in [2.75, 3.05) is 44.0 Å². The number of rotatable bonds is 5. The maximum absolute atomic E-state index is 5.81. The second-order valence-corrected chi connectivity index (χ2v) is 4.11. The van der Waals surface area contributed by atoms with Crippen molar-refractivity contribution in [3.63, 3.8) is 0 Å². The second-order valence-electron chi connectivity index (χ2n) is 3.90. The van der Waals surface area contributed by atoms with Crippen molar-refractivity contribution in [3.8, 4) is 0 Å². The average molecular weight is 271 g/mol. The molecule has 18 heavy (non-hydrogen) atoms. The number of thiocarbonyl (C=S) groups is 1. The van der Waals surface area contributed by atoms with Crippen LogP contribution in [-0.4, -0.2) is 58.6 Å². The van der Waals surface area contributed by atoms with Gasteiger partial charge in [0.25, 0.3) is 0 Å². The second kappa shape index (κ2) is 5.94. The van der Waals surface area contributed by atoms with Crippen molar-refractivity contribution in [1.82, 2.24) is 25.2 Å². The third-order valence-corrected chi connectivity index (χ3v) is 2.93. The lowest BCUT2D eigenvalue weighted by atomic mass is 10.4. The lowest BCUT2D eigenvalue weighted by Gasteiger charge is -2.25. The van der Waals surface area contributed by atoms with Gasteiger partial charge in [-0.3, -0.25) is 0 Å². The van der Waals surface area contributed by atoms with Gasteiger partial charge in [0.2, 0.25) is 11.9 Å². The van der Waals surface area contributed by atoms with Gasteiger partial charge in [-0.05, 0) is 0 Å². The first-order valence-corrected chi connectivity index (χ1v) is 6.12. The van der Waals surface area contributed by atoms with E-state index in [0.29, 0.717) is 31.8 Å². The first-order chi connectivity index (χ1) is 8.70. The number of hydrogen-bond donors (Lipinski definition) is 2. The molecule has 1 aromatic heterocycles. The molecule has 0 unspecified atom stereocenters. The zero-order chi connectivity index (χ0) is 13.0. The van der Waals surface area contributed by atoms with Crippen LogP contribution in [-0.2, 0) is 11.4 Å². The molecule has 0 atom stereocenters. The van der Waals surface area contributed by atoms with Gasteiger partial charge in [0.1, 0.15) is 6.67 Å². The summed E-state index contributed by atoms with van der Waals surface area (Å²) in [6.45, 7) is 3.39. The van der Waals surface area contributed by atoms with Crippen molar-refractivity contribution in [1.29, 1.82) is 0 Å². The largest absolute Gasteiger partial charge is 0.378 e. The van der Waals surface area contributed by atoms with Crippen LogP contribution in [0.5, 0.6) is 0 Å². The lowest BCUT2D eigenvalue weighted by molar-refractivity contribution is 0.122. The molecule has 9 heteroatoms. The van der Waals surface area contributed by atoms with Gasteiger partial charge in [-0.25, -0.2) is 10.1 Å². The van der Waals surface area contributed by atoms with Crippen LogP contribution in [0.1, 0.15) is 0 Å². The third kappa shape index (κ3) is 3.06. The standard InChI is InChI=1S/C9H17N7OS/c1-14(7-18)11-6-16-8(10)12-9(13-16)15-2-4-17-5-3-15/h7,11H,2-6H2,1H3,(H2,10,12,13). The molecule has 2 rings (SSSR count). The number of nitrogens with zero attached hydrogens (tertiary/aromatic N) is 5. The third-order valence-electron chi connectivity index (χ3n) is 2.61. The van der Waals surface area contributed by atoms with Crippen LogP contribution in [0.4, 0.5) is 11.9 Å². The molecule has 1 aliphatic rings. The van der Waals surface area contributed by atoms with E-state index in [4.69, 9.17) is 22.7 Å². The van der Waals surface area contributed by atoms with E-state index in [9.17, 15) is 0 Å². The van der Waals surface area contributed by atoms with Crippen LogP contribution < -0.4 is 16.1 Å². The highest BCUT2D eigenvalue weighted by atomic mass is 32.1. The summed E-state index contributed by atoms with van der Waals surface area (Å²) in [6, 6.07) is 0. The summed E-state index contributed by atoms with van der Waals surface area (Å²) in [6.07, 6.45) is 0. The van der Waals surface area contributed by atoms with Crippen LogP contribution in [0.15, 0.2) is 0 Å². The Hall–Kier alpha value is -1.45. The quantitative estimate of drug-likeness (QED) is 0.524. The number of nitrogen functional groups attached to an aromatic ring is 1. The highest BCUT2D eigenvalue weighted by Gasteiger charge is 2.17. The van der Waals surface area contributed by atoms with E-state index in [1.54, 1.807) is 9.69 Å². The zero-order valence-electron chi connectivity index (χ0n) is 10.2. The smallest absolute Gasteiger partial charge is 0.246 e. The molecule has 1 saturated heterocycles. The molecule has 1 fully saturated rings. The number of aromatic nitrogens is 3. The Morgan fingerprint density at radius 3 is 2.94 bits per heavy atom. The van der Waals surface area contributed by atoms with E-state index in [2.05, 4.69) is 20.4 Å². The molecule has 0 radical (unpaired) electrons. The molecule has 2 heterocycles. The molecular weight excluding hydrogens is 254 g/mol. The number of morpholine rings is 1. The van der Waals surface area contributed by atoms with Crippen LogP contribution in [0.25, 0.3) is 0 Å². The van der Waals surface area contributed by atoms with E-state index >= 15 is 0 Å². The summed E-state index contributed by atoms with van der Waals surface area (Å²) in [5.41, 5.74) is 10.3. The fourth-order valence-electron chi connectivity index (χ4n) is 1.57. The molecule has 3 N–H and O–H groups in total. The maximum Gasteiger partial charge on any atom is 0.246 e. The Kier molecular flexibility index (Phi) is 4.28. The summed E-state index contributed by atoms with van der Waals surface area (Å²) in [5.74, 6) is 1.02. The highest BCUT2D eigenvalue weighted by Crippen LogP contribution is 2.12. The fourth-order valence-corrected chi connectivity index (χ4v) is 1.65. The van der Waals surface area contributed by atoms with E-state index in [0.717, 1.165) is 13.1 Å². The molecular formula is C9H17N7OS. The van der Waals surface area contributed by atoms with Gasteiger partial charge in [-0.2, -0.15) is 4.98 Å². The zero-order valence-corrected chi connectivity index (χ0v) is 11.1. The van der Waals surface area contributed by atoms with Gasteiger partial charge in [-0.1, -0.05) is 12.2 Å². The molecule has 1 aliphatic heterocycles. The SMILES string of the molecule is CN(C=S)NCn1nc(N2CCOCC2)nc1N. The minimum Gasteiger partial charge on any atom is -0.378 e. The van der Waals surface area contributed by atoms with Crippen LogP contribution in [0.2, 0.25) is 0 Å². The van der Waals surface area contributed by atoms with Crippen LogP contribution in [0, 0.1) is 0 Å². The first kappa shape index (κ1) is 13.0. The van der Waals surface area contributed by atoms with Crippen molar-refractivity contribution >= 4 is 29.6 Å². The van der Waals surface area contributed by atoms with Crippen molar-refractivity contribution < 1.29 is 4.74 Å². The number of ether oxygens (including phenoxy) is 1. The number of hydrazine groups is 1. The Bertz CT molecular complexity index is 404. The highest BCUT2D eigenvalue weighted by molar-refractivity contribution is 7.78. The van der Waals surface area contributed by atoms with Crippen molar-refractivity contribution in [3.05, 3.63) is 0 Å². The van der Waals surface area contributed by atoms with Crippen LogP contribution >= 0.6 is 12.2 Å². The molecule has 1 aromatic rings. The summed E-state index contributed by atoms with van der Waals surface area (Å²) in [4.78, 5) is 6.30. The van der Waals surface area contributed by atoms with Gasteiger partial charge in [0.05, 0.1) is 18.7 Å². The molecule has 0 aliphatic carbocycles. The molecule has 0 bridgehead atoms. The van der Waals surface area contributed by atoms with E-state index in [-0.39, 0.29) is 0 Å². The average Bonchev–Trinajstić information content (AvgIpc) is 2.78. The van der Waals surface area contributed by atoms with Gasteiger partial charge in [0, 0.05) is 20.1 Å². The van der Waals surface area contributed by atoms with Gasteiger partial charge < -0.3 is 20.4 Å². The molecule has 0 amide bonds. The molecule has 0 aromatic carbocycles. The Morgan fingerprint density at radius 1 is 1.56 bits per heavy atom. The normalized spacial score (nSPS) is 15.7.